The van der Waals surface area contributed by atoms with Gasteiger partial charge in [0.25, 0.3) is 5.91 Å². The summed E-state index contributed by atoms with van der Waals surface area (Å²) < 4.78 is 20.4. The van der Waals surface area contributed by atoms with Gasteiger partial charge in [-0.05, 0) is 49.2 Å². The van der Waals surface area contributed by atoms with Gasteiger partial charge in [0.2, 0.25) is 0 Å². The molecule has 0 bridgehead atoms. The van der Waals surface area contributed by atoms with E-state index in [4.69, 9.17) is 9.52 Å². The predicted molar refractivity (Wildman–Crippen MR) is 118 cm³/mol. The lowest BCUT2D eigenvalue weighted by Crippen LogP contribution is -2.26. The van der Waals surface area contributed by atoms with E-state index in [0.29, 0.717) is 22.3 Å². The summed E-state index contributed by atoms with van der Waals surface area (Å²) in [4.78, 5) is 22.7. The molecular formula is C24H27FN2O4. The Morgan fingerprint density at radius 2 is 1.87 bits per heavy atom. The van der Waals surface area contributed by atoms with E-state index in [9.17, 15) is 14.0 Å². The molecule has 0 saturated carbocycles. The summed E-state index contributed by atoms with van der Waals surface area (Å²) in [6, 6.07) is 11.6. The number of hydrogen-bond donors (Lipinski definition) is 3. The van der Waals surface area contributed by atoms with Crippen LogP contribution in [0.3, 0.4) is 0 Å². The molecule has 0 aliphatic heterocycles. The topological polar surface area (TPSA) is 91.6 Å². The second-order valence-corrected chi connectivity index (χ2v) is 7.69. The number of amides is 1. The number of rotatable bonds is 9. The minimum Gasteiger partial charge on any atom is -0.481 e. The lowest BCUT2D eigenvalue weighted by molar-refractivity contribution is -0.136. The third kappa shape index (κ3) is 5.05. The molecule has 3 N–H and O–H groups in total. The van der Waals surface area contributed by atoms with Crippen molar-refractivity contribution in [1.82, 2.24) is 5.32 Å². The van der Waals surface area contributed by atoms with Crippen LogP contribution >= 0.6 is 0 Å². The molecule has 0 aliphatic rings. The molecule has 1 aromatic heterocycles. The molecule has 0 saturated heterocycles. The van der Waals surface area contributed by atoms with Crippen LogP contribution in [-0.4, -0.2) is 23.5 Å². The van der Waals surface area contributed by atoms with Gasteiger partial charge in [-0.15, -0.1) is 0 Å². The van der Waals surface area contributed by atoms with Gasteiger partial charge in [-0.2, -0.15) is 0 Å². The SMILES string of the molecule is CCC(C)C(Nc1ccc(C(=O)NCCC(=O)O)cc1)c1oc2cccc(F)c2c1C. The molecule has 0 radical (unpaired) electrons. The zero-order valence-corrected chi connectivity index (χ0v) is 17.9. The first-order valence-corrected chi connectivity index (χ1v) is 10.4. The molecule has 164 valence electrons. The van der Waals surface area contributed by atoms with Crippen molar-refractivity contribution in [3.63, 3.8) is 0 Å². The number of aliphatic carboxylic acids is 1. The van der Waals surface area contributed by atoms with Crippen molar-refractivity contribution >= 4 is 28.5 Å². The van der Waals surface area contributed by atoms with Crippen molar-refractivity contribution in [2.45, 2.75) is 39.7 Å². The summed E-state index contributed by atoms with van der Waals surface area (Å²) in [5, 5.41) is 15.2. The van der Waals surface area contributed by atoms with Gasteiger partial charge in [0, 0.05) is 23.4 Å². The Bertz CT molecular complexity index is 1080. The highest BCUT2D eigenvalue weighted by Crippen LogP contribution is 2.37. The van der Waals surface area contributed by atoms with E-state index < -0.39 is 5.97 Å². The molecule has 2 atom stereocenters. The first-order chi connectivity index (χ1) is 14.8. The number of carbonyl (C=O) groups excluding carboxylic acids is 1. The molecule has 0 spiro atoms. The van der Waals surface area contributed by atoms with Crippen LogP contribution in [0.5, 0.6) is 0 Å². The molecule has 1 heterocycles. The molecule has 31 heavy (non-hydrogen) atoms. The van der Waals surface area contributed by atoms with Gasteiger partial charge in [0.15, 0.2) is 0 Å². The smallest absolute Gasteiger partial charge is 0.305 e. The van der Waals surface area contributed by atoms with Crippen LogP contribution in [-0.2, 0) is 4.79 Å². The van der Waals surface area contributed by atoms with Gasteiger partial charge >= 0.3 is 5.97 Å². The highest BCUT2D eigenvalue weighted by Gasteiger charge is 2.26. The van der Waals surface area contributed by atoms with Crippen molar-refractivity contribution < 1.29 is 23.5 Å². The Morgan fingerprint density at radius 1 is 1.16 bits per heavy atom. The number of benzene rings is 2. The first kappa shape index (κ1) is 22.3. The van der Waals surface area contributed by atoms with Gasteiger partial charge in [-0.3, -0.25) is 9.59 Å². The maximum absolute atomic E-state index is 14.3. The largest absolute Gasteiger partial charge is 0.481 e. The molecule has 2 aromatic carbocycles. The Kier molecular flexibility index (Phi) is 6.95. The number of carbonyl (C=O) groups is 2. The van der Waals surface area contributed by atoms with Gasteiger partial charge < -0.3 is 20.2 Å². The molecule has 3 rings (SSSR count). The number of carboxylic acids is 1. The number of fused-ring (bicyclic) bond motifs is 1. The fraction of sp³-hybridized carbons (Fsp3) is 0.333. The standard InChI is InChI=1S/C24H27FN2O4/c1-4-14(2)22(23-15(3)21-18(25)6-5-7-19(21)31-23)27-17-10-8-16(9-11-17)24(30)26-13-12-20(28)29/h5-11,14,22,27H,4,12-13H2,1-3H3,(H,26,30)(H,28,29). The van der Waals surface area contributed by atoms with Crippen LogP contribution in [0.2, 0.25) is 0 Å². The van der Waals surface area contributed by atoms with E-state index >= 15 is 0 Å². The van der Waals surface area contributed by atoms with E-state index in [1.807, 2.05) is 6.92 Å². The van der Waals surface area contributed by atoms with Crippen LogP contribution in [0.4, 0.5) is 10.1 Å². The molecule has 0 fully saturated rings. The average molecular weight is 426 g/mol. The molecule has 0 aliphatic carbocycles. The molecule has 3 aromatic rings. The number of nitrogens with one attached hydrogen (secondary N) is 2. The highest BCUT2D eigenvalue weighted by atomic mass is 19.1. The quantitative estimate of drug-likeness (QED) is 0.433. The Morgan fingerprint density at radius 3 is 2.48 bits per heavy atom. The zero-order chi connectivity index (χ0) is 22.5. The number of hydrogen-bond acceptors (Lipinski definition) is 4. The van der Waals surface area contributed by atoms with Crippen molar-refractivity contribution in [1.29, 1.82) is 0 Å². The van der Waals surface area contributed by atoms with Gasteiger partial charge in [0.1, 0.15) is 17.2 Å². The highest BCUT2D eigenvalue weighted by molar-refractivity contribution is 5.94. The third-order valence-electron chi connectivity index (χ3n) is 5.53. The van der Waals surface area contributed by atoms with E-state index in [2.05, 4.69) is 24.5 Å². The van der Waals surface area contributed by atoms with E-state index in [0.717, 1.165) is 17.7 Å². The average Bonchev–Trinajstić information content (AvgIpc) is 3.09. The van der Waals surface area contributed by atoms with Crippen LogP contribution in [0.25, 0.3) is 11.0 Å². The maximum atomic E-state index is 14.3. The number of anilines is 1. The van der Waals surface area contributed by atoms with Crippen molar-refractivity contribution in [3.05, 3.63) is 65.2 Å². The predicted octanol–water partition coefficient (Wildman–Crippen LogP) is 5.28. The minimum absolute atomic E-state index is 0.0755. The number of aryl methyl sites for hydroxylation is 1. The number of carboxylic acid groups (broad SMARTS) is 1. The second-order valence-electron chi connectivity index (χ2n) is 7.69. The molecule has 1 amide bonds. The Hall–Kier alpha value is -3.35. The first-order valence-electron chi connectivity index (χ1n) is 10.4. The fourth-order valence-corrected chi connectivity index (χ4v) is 3.55. The molecule has 2 unspecified atom stereocenters. The normalized spacial score (nSPS) is 13.0. The maximum Gasteiger partial charge on any atom is 0.305 e. The van der Waals surface area contributed by atoms with E-state index in [-0.39, 0.29) is 36.6 Å². The van der Waals surface area contributed by atoms with Crippen LogP contribution in [0, 0.1) is 18.7 Å². The van der Waals surface area contributed by atoms with E-state index in [1.165, 1.54) is 6.07 Å². The summed E-state index contributed by atoms with van der Waals surface area (Å²) in [6.45, 7) is 6.13. The minimum atomic E-state index is -0.961. The van der Waals surface area contributed by atoms with Gasteiger partial charge in [-0.1, -0.05) is 26.3 Å². The lowest BCUT2D eigenvalue weighted by Gasteiger charge is -2.24. The number of furan rings is 1. The molecular weight excluding hydrogens is 399 g/mol. The molecule has 7 heteroatoms. The van der Waals surface area contributed by atoms with Crippen LogP contribution in [0.15, 0.2) is 46.9 Å². The monoisotopic (exact) mass is 426 g/mol. The van der Waals surface area contributed by atoms with Crippen molar-refractivity contribution in [2.24, 2.45) is 5.92 Å². The van der Waals surface area contributed by atoms with E-state index in [1.54, 1.807) is 36.4 Å². The fourth-order valence-electron chi connectivity index (χ4n) is 3.55. The summed E-state index contributed by atoms with van der Waals surface area (Å²) in [6.07, 6.45) is 0.764. The van der Waals surface area contributed by atoms with Crippen molar-refractivity contribution in [2.75, 3.05) is 11.9 Å². The summed E-state index contributed by atoms with van der Waals surface area (Å²) in [5.41, 5.74) is 2.54. The Balaban J connectivity index is 1.81. The second kappa shape index (κ2) is 9.64. The molecule has 6 nitrogen and oxygen atoms in total. The number of halogens is 1. The van der Waals surface area contributed by atoms with Crippen LogP contribution in [0.1, 0.15) is 54.4 Å². The third-order valence-corrected chi connectivity index (χ3v) is 5.53. The summed E-state index contributed by atoms with van der Waals surface area (Å²) in [7, 11) is 0. The summed E-state index contributed by atoms with van der Waals surface area (Å²) in [5.74, 6) is -0.677. The zero-order valence-electron chi connectivity index (χ0n) is 17.9. The van der Waals surface area contributed by atoms with Gasteiger partial charge in [0.05, 0.1) is 17.8 Å². The Labute approximate surface area is 180 Å². The lowest BCUT2D eigenvalue weighted by atomic mass is 9.94. The van der Waals surface area contributed by atoms with Crippen molar-refractivity contribution in [3.8, 4) is 0 Å². The summed E-state index contributed by atoms with van der Waals surface area (Å²) >= 11 is 0. The van der Waals surface area contributed by atoms with Crippen LogP contribution < -0.4 is 10.6 Å². The van der Waals surface area contributed by atoms with Gasteiger partial charge in [-0.25, -0.2) is 4.39 Å².